The van der Waals surface area contributed by atoms with Crippen LogP contribution in [0.15, 0.2) is 0 Å². The molecule has 13 heteroatoms. The minimum Gasteiger partial charge on any atom is -0.388 e. The molecule has 41 heavy (non-hydrogen) atoms. The zero-order chi connectivity index (χ0) is 30.8. The molecule has 0 aliphatic carbocycles. The number of aliphatic hydroxyl groups excluding tert-OH is 1. The third kappa shape index (κ3) is 24.1. The summed E-state index contributed by atoms with van der Waals surface area (Å²) in [6, 6.07) is 0. The summed E-state index contributed by atoms with van der Waals surface area (Å²) >= 11 is 0. The summed E-state index contributed by atoms with van der Waals surface area (Å²) < 4.78 is 51.5. The van der Waals surface area contributed by atoms with Gasteiger partial charge >= 0.3 is 7.60 Å². The third-order valence-corrected chi connectivity index (χ3v) is 10.8. The first-order chi connectivity index (χ1) is 19.6. The molecule has 0 aliphatic heterocycles. The maximum absolute atomic E-state index is 12.3. The molecule has 0 heterocycles. The average molecular weight is 634 g/mol. The van der Waals surface area contributed by atoms with Crippen LogP contribution in [0.1, 0.15) is 98.3 Å². The van der Waals surface area contributed by atoms with Gasteiger partial charge in [0.25, 0.3) is 7.52 Å². The number of unbranched alkanes of at least 4 members (excludes halogenated alkanes) is 6. The van der Waals surface area contributed by atoms with Gasteiger partial charge in [0.1, 0.15) is 6.10 Å². The van der Waals surface area contributed by atoms with E-state index in [0.717, 1.165) is 51.4 Å². The molecule has 0 aromatic heterocycles. The lowest BCUT2D eigenvalue weighted by Crippen LogP contribution is -2.23. The summed E-state index contributed by atoms with van der Waals surface area (Å²) in [4.78, 5) is 20.3. The Morgan fingerprint density at radius 2 is 1.12 bits per heavy atom. The zero-order valence-corrected chi connectivity index (χ0v) is 28.0. The van der Waals surface area contributed by atoms with Crippen molar-refractivity contribution in [2.24, 2.45) is 0 Å². The molecule has 5 atom stereocenters. The molecule has 0 aliphatic rings. The van der Waals surface area contributed by atoms with Crippen LogP contribution in [0.2, 0.25) is 0 Å². The van der Waals surface area contributed by atoms with E-state index >= 15 is 0 Å². The molecule has 0 radical (unpaired) electrons. The minimum absolute atomic E-state index is 0.00798. The average Bonchev–Trinajstić information content (AvgIpc) is 2.93. The Bertz CT molecular complexity index is 688. The first-order valence-corrected chi connectivity index (χ1v) is 19.0. The normalized spacial score (nSPS) is 17.1. The second-order valence-electron chi connectivity index (χ2n) is 10.7. The minimum atomic E-state index is -3.77. The number of aliphatic hydroxyl groups is 1. The van der Waals surface area contributed by atoms with Crippen molar-refractivity contribution in [3.8, 4) is 0 Å². The number of rotatable bonds is 31. The quantitative estimate of drug-likeness (QED) is 0.0566. The van der Waals surface area contributed by atoms with E-state index in [9.17, 15) is 24.0 Å². The molecular formula is C28H61NO10P2. The molecule has 0 aromatic rings. The Morgan fingerprint density at radius 1 is 0.634 bits per heavy atom. The third-order valence-electron chi connectivity index (χ3n) is 6.79. The van der Waals surface area contributed by atoms with Crippen LogP contribution < -0.4 is 5.09 Å². The highest BCUT2D eigenvalue weighted by molar-refractivity contribution is 7.56. The summed E-state index contributed by atoms with van der Waals surface area (Å²) in [5, 5.41) is 12.8. The highest BCUT2D eigenvalue weighted by atomic mass is 31.2. The van der Waals surface area contributed by atoms with Crippen molar-refractivity contribution in [3.05, 3.63) is 0 Å². The molecule has 0 rings (SSSR count). The highest BCUT2D eigenvalue weighted by Gasteiger charge is 2.29. The van der Waals surface area contributed by atoms with Gasteiger partial charge in [0.2, 0.25) is 0 Å². The van der Waals surface area contributed by atoms with Gasteiger partial charge in [0.05, 0.1) is 58.5 Å². The molecule has 0 aromatic carbocycles. The molecule has 4 N–H and O–H groups in total. The molecule has 11 nitrogen and oxygen atoms in total. The van der Waals surface area contributed by atoms with E-state index in [1.54, 1.807) is 6.92 Å². The summed E-state index contributed by atoms with van der Waals surface area (Å²) in [7, 11) is -7.09. The lowest BCUT2D eigenvalue weighted by Gasteiger charge is -2.20. The topological polar surface area (TPSA) is 153 Å². The second kappa shape index (κ2) is 26.5. The van der Waals surface area contributed by atoms with Gasteiger partial charge in [-0.1, -0.05) is 79.1 Å². The summed E-state index contributed by atoms with van der Waals surface area (Å²) in [5.41, 5.74) is -0.690. The lowest BCUT2D eigenvalue weighted by molar-refractivity contribution is -0.0252. The van der Waals surface area contributed by atoms with Crippen molar-refractivity contribution in [2.75, 3.05) is 66.0 Å². The van der Waals surface area contributed by atoms with Gasteiger partial charge < -0.3 is 38.4 Å². The molecule has 0 fully saturated rings. The predicted molar refractivity (Wildman–Crippen MR) is 164 cm³/mol. The Morgan fingerprint density at radius 3 is 1.73 bits per heavy atom. The molecule has 0 saturated carbocycles. The van der Waals surface area contributed by atoms with E-state index in [4.69, 9.17) is 23.5 Å². The fourth-order valence-electron chi connectivity index (χ4n) is 3.89. The van der Waals surface area contributed by atoms with Crippen LogP contribution in [0, 0.1) is 0 Å². The Hall–Kier alpha value is 0.1000. The second-order valence-corrected chi connectivity index (χ2v) is 15.4. The smallest absolute Gasteiger partial charge is 0.330 e. The van der Waals surface area contributed by atoms with E-state index in [-0.39, 0.29) is 25.5 Å². The van der Waals surface area contributed by atoms with E-state index in [1.165, 1.54) is 6.42 Å². The monoisotopic (exact) mass is 633 g/mol. The Balaban J connectivity index is 3.57. The molecule has 0 bridgehead atoms. The van der Waals surface area contributed by atoms with Gasteiger partial charge in [-0.2, -0.15) is 0 Å². The van der Waals surface area contributed by atoms with Crippen LogP contribution in [-0.4, -0.2) is 98.3 Å². The summed E-state index contributed by atoms with van der Waals surface area (Å²) in [6.45, 7) is 10.8. The van der Waals surface area contributed by atoms with Gasteiger partial charge in [0.15, 0.2) is 0 Å². The molecular weight excluding hydrogens is 572 g/mol. The van der Waals surface area contributed by atoms with E-state index in [2.05, 4.69) is 18.9 Å². The van der Waals surface area contributed by atoms with Crippen molar-refractivity contribution in [1.29, 1.82) is 0 Å². The lowest BCUT2D eigenvalue weighted by atomic mass is 10.1. The number of nitrogens with one attached hydrogen (secondary N) is 1. The van der Waals surface area contributed by atoms with Crippen molar-refractivity contribution in [3.63, 3.8) is 0 Å². The molecule has 0 amide bonds. The largest absolute Gasteiger partial charge is 0.388 e. The van der Waals surface area contributed by atoms with Gasteiger partial charge in [-0.25, -0.2) is 5.09 Å². The summed E-state index contributed by atoms with van der Waals surface area (Å²) in [6.07, 6.45) is 9.63. The van der Waals surface area contributed by atoms with E-state index < -0.39 is 26.9 Å². The van der Waals surface area contributed by atoms with Crippen LogP contribution in [-0.2, 0) is 32.6 Å². The van der Waals surface area contributed by atoms with Crippen LogP contribution >= 0.6 is 15.1 Å². The SMILES string of the molecule is CCCCCCCC(C)P(=O)(O)OCC(O)COCCOCCOCCOCCCNP(=O)(O)C(C)CCCCC. The van der Waals surface area contributed by atoms with Crippen LogP contribution in [0.5, 0.6) is 0 Å². The van der Waals surface area contributed by atoms with Crippen LogP contribution in [0.3, 0.4) is 0 Å². The fourth-order valence-corrected chi connectivity index (χ4v) is 6.36. The maximum Gasteiger partial charge on any atom is 0.330 e. The highest BCUT2D eigenvalue weighted by Crippen LogP contribution is 2.49. The molecule has 0 spiro atoms. The van der Waals surface area contributed by atoms with Crippen molar-refractivity contribution in [2.45, 2.75) is 116 Å². The summed E-state index contributed by atoms with van der Waals surface area (Å²) in [5.74, 6) is 0. The molecule has 248 valence electrons. The maximum atomic E-state index is 12.3. The standard InChI is InChI=1S/C28H61NO10P2/c1-5-7-9-10-12-15-27(4)41(33,34)39-25-28(30)24-38-23-22-37-21-20-36-19-18-35-17-13-16-29-40(31,32)26(3)14-11-8-6-2/h26-28,30H,5-25H2,1-4H3,(H,33,34)(H2,29,31,32). The predicted octanol–water partition coefficient (Wildman–Crippen LogP) is 5.50. The van der Waals surface area contributed by atoms with Crippen molar-refractivity contribution >= 4 is 15.1 Å². The van der Waals surface area contributed by atoms with Crippen LogP contribution in [0.4, 0.5) is 0 Å². The van der Waals surface area contributed by atoms with E-state index in [0.29, 0.717) is 59.0 Å². The van der Waals surface area contributed by atoms with Gasteiger partial charge in [-0.15, -0.1) is 0 Å². The van der Waals surface area contributed by atoms with Crippen molar-refractivity contribution < 1.29 is 47.5 Å². The first-order valence-electron chi connectivity index (χ1n) is 15.6. The number of ether oxygens (including phenoxy) is 4. The van der Waals surface area contributed by atoms with Gasteiger partial charge in [-0.05, 0) is 19.3 Å². The molecule has 5 unspecified atom stereocenters. The van der Waals surface area contributed by atoms with Crippen LogP contribution in [0.25, 0.3) is 0 Å². The van der Waals surface area contributed by atoms with E-state index in [1.807, 2.05) is 6.92 Å². The Kier molecular flexibility index (Phi) is 26.6. The molecule has 0 saturated heterocycles. The number of hydrogen-bond acceptors (Lipinski definition) is 8. The zero-order valence-electron chi connectivity index (χ0n) is 26.2. The van der Waals surface area contributed by atoms with Gasteiger partial charge in [0, 0.05) is 18.8 Å². The Labute approximate surface area is 249 Å². The van der Waals surface area contributed by atoms with Crippen molar-refractivity contribution in [1.82, 2.24) is 5.09 Å². The van der Waals surface area contributed by atoms with Gasteiger partial charge in [-0.3, -0.25) is 9.13 Å². The first kappa shape index (κ1) is 41.1. The number of hydrogen-bond donors (Lipinski definition) is 4. The fraction of sp³-hybridized carbons (Fsp3) is 1.00.